The maximum absolute atomic E-state index is 12.1. The fourth-order valence-corrected chi connectivity index (χ4v) is 2.98. The second kappa shape index (κ2) is 6.92. The van der Waals surface area contributed by atoms with Crippen molar-refractivity contribution in [2.24, 2.45) is 11.8 Å². The molecular weight excluding hydrogens is 258 g/mol. The van der Waals surface area contributed by atoms with Crippen LogP contribution in [0.5, 0.6) is 0 Å². The second-order valence-electron chi connectivity index (χ2n) is 5.96. The molecule has 2 rings (SSSR count). The van der Waals surface area contributed by atoms with Crippen LogP contribution in [0.15, 0.2) is 0 Å². The maximum Gasteiger partial charge on any atom is 0.319 e. The van der Waals surface area contributed by atoms with Gasteiger partial charge >= 0.3 is 6.03 Å². The number of nitrogens with zero attached hydrogens (tertiary/aromatic N) is 2. The lowest BCUT2D eigenvalue weighted by Gasteiger charge is -2.19. The largest absolute Gasteiger partial charge is 0.383 e. The number of urea groups is 1. The van der Waals surface area contributed by atoms with E-state index in [-0.39, 0.29) is 18.5 Å². The number of carbonyl (C=O) groups excluding carboxylic acids is 2. The minimum atomic E-state index is -0.127. The van der Waals surface area contributed by atoms with Crippen molar-refractivity contribution < 1.29 is 14.3 Å². The highest BCUT2D eigenvalue weighted by Gasteiger charge is 2.31. The summed E-state index contributed by atoms with van der Waals surface area (Å²) in [5, 5.41) is 2.96. The number of ether oxygens (including phenoxy) is 1. The van der Waals surface area contributed by atoms with Crippen molar-refractivity contribution in [3.05, 3.63) is 0 Å². The summed E-state index contributed by atoms with van der Waals surface area (Å²) in [6, 6.07) is -0.127. The van der Waals surface area contributed by atoms with Gasteiger partial charge < -0.3 is 15.0 Å². The molecule has 1 aliphatic carbocycles. The van der Waals surface area contributed by atoms with Crippen LogP contribution in [0.2, 0.25) is 0 Å². The zero-order valence-corrected chi connectivity index (χ0v) is 12.4. The van der Waals surface area contributed by atoms with E-state index in [2.05, 4.69) is 12.2 Å². The number of nitrogens with one attached hydrogen (secondary N) is 1. The van der Waals surface area contributed by atoms with Crippen LogP contribution in [-0.4, -0.2) is 61.8 Å². The maximum atomic E-state index is 12.1. The molecule has 20 heavy (non-hydrogen) atoms. The van der Waals surface area contributed by atoms with Crippen molar-refractivity contribution in [2.75, 3.05) is 40.0 Å². The van der Waals surface area contributed by atoms with Gasteiger partial charge in [0.1, 0.15) is 6.54 Å². The van der Waals surface area contributed by atoms with Gasteiger partial charge in [-0.15, -0.1) is 0 Å². The molecule has 6 nitrogen and oxygen atoms in total. The average molecular weight is 283 g/mol. The van der Waals surface area contributed by atoms with Gasteiger partial charge in [-0.3, -0.25) is 9.69 Å². The Bertz CT molecular complexity index is 362. The van der Waals surface area contributed by atoms with E-state index in [0.717, 1.165) is 12.5 Å². The Balaban J connectivity index is 1.72. The molecule has 2 fully saturated rings. The van der Waals surface area contributed by atoms with Gasteiger partial charge in [-0.25, -0.2) is 4.79 Å². The third kappa shape index (κ3) is 3.85. The Morgan fingerprint density at radius 3 is 2.90 bits per heavy atom. The van der Waals surface area contributed by atoms with Gasteiger partial charge in [0.15, 0.2) is 0 Å². The van der Waals surface area contributed by atoms with E-state index < -0.39 is 0 Å². The van der Waals surface area contributed by atoms with Gasteiger partial charge in [-0.05, 0) is 24.7 Å². The Kier molecular flexibility index (Phi) is 5.23. The van der Waals surface area contributed by atoms with E-state index in [0.29, 0.717) is 25.7 Å². The Hall–Kier alpha value is -1.30. The number of carbonyl (C=O) groups is 2. The van der Waals surface area contributed by atoms with Crippen LogP contribution in [0, 0.1) is 11.8 Å². The highest BCUT2D eigenvalue weighted by molar-refractivity contribution is 5.87. The minimum Gasteiger partial charge on any atom is -0.383 e. The van der Waals surface area contributed by atoms with Crippen molar-refractivity contribution in [1.29, 1.82) is 0 Å². The summed E-state index contributed by atoms with van der Waals surface area (Å²) in [7, 11) is 1.60. The lowest BCUT2D eigenvalue weighted by atomic mass is 10.1. The zero-order valence-electron chi connectivity index (χ0n) is 12.4. The molecule has 3 amide bonds. The number of rotatable bonds is 5. The quantitative estimate of drug-likeness (QED) is 0.815. The van der Waals surface area contributed by atoms with Crippen LogP contribution in [0.3, 0.4) is 0 Å². The number of hydrogen-bond acceptors (Lipinski definition) is 3. The number of methoxy groups -OCH3 is 1. The molecule has 0 bridgehead atoms. The summed E-state index contributed by atoms with van der Waals surface area (Å²) in [6.07, 6.45) is 3.65. The van der Waals surface area contributed by atoms with Crippen LogP contribution in [0.4, 0.5) is 4.79 Å². The summed E-state index contributed by atoms with van der Waals surface area (Å²) in [4.78, 5) is 27.0. The van der Waals surface area contributed by atoms with E-state index in [1.54, 1.807) is 16.9 Å². The molecule has 0 aromatic heterocycles. The van der Waals surface area contributed by atoms with Gasteiger partial charge in [0, 0.05) is 20.2 Å². The van der Waals surface area contributed by atoms with Crippen LogP contribution in [0.1, 0.15) is 26.2 Å². The summed E-state index contributed by atoms with van der Waals surface area (Å²) < 4.78 is 4.96. The molecule has 0 spiro atoms. The van der Waals surface area contributed by atoms with Crippen molar-refractivity contribution in [2.45, 2.75) is 26.2 Å². The molecule has 1 saturated carbocycles. The van der Waals surface area contributed by atoms with E-state index in [1.165, 1.54) is 19.3 Å². The minimum absolute atomic E-state index is 0.00770. The van der Waals surface area contributed by atoms with Crippen LogP contribution < -0.4 is 5.32 Å². The fraction of sp³-hybridized carbons (Fsp3) is 0.857. The van der Waals surface area contributed by atoms with Crippen LogP contribution in [0.25, 0.3) is 0 Å². The lowest BCUT2D eigenvalue weighted by molar-refractivity contribution is -0.127. The van der Waals surface area contributed by atoms with Crippen molar-refractivity contribution in [1.82, 2.24) is 15.1 Å². The summed E-state index contributed by atoms with van der Waals surface area (Å²) >= 11 is 0. The van der Waals surface area contributed by atoms with E-state index in [9.17, 15) is 9.59 Å². The highest BCUT2D eigenvalue weighted by Crippen LogP contribution is 2.29. The fourth-order valence-electron chi connectivity index (χ4n) is 2.98. The predicted octanol–water partition coefficient (Wildman–Crippen LogP) is 0.880. The van der Waals surface area contributed by atoms with Gasteiger partial charge in [0.2, 0.25) is 5.91 Å². The third-order valence-electron chi connectivity index (χ3n) is 4.22. The summed E-state index contributed by atoms with van der Waals surface area (Å²) in [5.74, 6) is 1.36. The van der Waals surface area contributed by atoms with E-state index in [1.807, 2.05) is 0 Å². The SMILES string of the molecule is COCCN1CN(C(=O)NC[C@H]2CC[C@H](C)C2)CC1=O. The topological polar surface area (TPSA) is 61.9 Å². The monoisotopic (exact) mass is 283 g/mol. The first-order chi connectivity index (χ1) is 9.60. The molecule has 2 aliphatic rings. The summed E-state index contributed by atoms with van der Waals surface area (Å²) in [6.45, 7) is 4.58. The molecule has 0 aromatic rings. The molecule has 1 heterocycles. The second-order valence-corrected chi connectivity index (χ2v) is 5.96. The van der Waals surface area contributed by atoms with Crippen molar-refractivity contribution in [3.63, 3.8) is 0 Å². The van der Waals surface area contributed by atoms with E-state index in [4.69, 9.17) is 4.74 Å². The molecule has 1 N–H and O–H groups in total. The molecule has 1 aliphatic heterocycles. The molecular formula is C14H25N3O3. The van der Waals surface area contributed by atoms with E-state index >= 15 is 0 Å². The van der Waals surface area contributed by atoms with Crippen LogP contribution >= 0.6 is 0 Å². The highest BCUT2D eigenvalue weighted by atomic mass is 16.5. The summed E-state index contributed by atoms with van der Waals surface area (Å²) in [5.41, 5.74) is 0. The van der Waals surface area contributed by atoms with Gasteiger partial charge in [-0.2, -0.15) is 0 Å². The smallest absolute Gasteiger partial charge is 0.319 e. The third-order valence-corrected chi connectivity index (χ3v) is 4.22. The Labute approximate surface area is 120 Å². The molecule has 6 heteroatoms. The standard InChI is InChI=1S/C14H25N3O3/c1-11-3-4-12(7-11)8-15-14(19)17-9-13(18)16(10-17)5-6-20-2/h11-12H,3-10H2,1-2H3,(H,15,19)/t11-,12-/m0/s1. The van der Waals surface area contributed by atoms with Gasteiger partial charge in [-0.1, -0.05) is 13.3 Å². The number of hydrogen-bond donors (Lipinski definition) is 1. The molecule has 0 aromatic carbocycles. The molecule has 1 saturated heterocycles. The first-order valence-electron chi connectivity index (χ1n) is 7.39. The average Bonchev–Trinajstić information content (AvgIpc) is 3.00. The molecule has 2 atom stereocenters. The van der Waals surface area contributed by atoms with Gasteiger partial charge in [0.05, 0.1) is 13.3 Å². The molecule has 114 valence electrons. The molecule has 0 unspecified atom stereocenters. The lowest BCUT2D eigenvalue weighted by Crippen LogP contribution is -2.41. The van der Waals surface area contributed by atoms with Crippen LogP contribution in [-0.2, 0) is 9.53 Å². The normalized spacial score (nSPS) is 26.4. The molecule has 0 radical (unpaired) electrons. The Morgan fingerprint density at radius 1 is 1.45 bits per heavy atom. The van der Waals surface area contributed by atoms with Crippen molar-refractivity contribution in [3.8, 4) is 0 Å². The zero-order chi connectivity index (χ0) is 14.5. The van der Waals surface area contributed by atoms with Gasteiger partial charge in [0.25, 0.3) is 0 Å². The number of amides is 3. The first-order valence-corrected chi connectivity index (χ1v) is 7.39. The van der Waals surface area contributed by atoms with Crippen molar-refractivity contribution >= 4 is 11.9 Å². The Morgan fingerprint density at radius 2 is 2.25 bits per heavy atom. The first kappa shape index (κ1) is 15.1. The predicted molar refractivity (Wildman–Crippen MR) is 75.1 cm³/mol.